The number of rotatable bonds is 5. The van der Waals surface area contributed by atoms with Crippen LogP contribution in [-0.2, 0) is 0 Å². The van der Waals surface area contributed by atoms with Gasteiger partial charge in [-0.15, -0.1) is 11.3 Å². The summed E-state index contributed by atoms with van der Waals surface area (Å²) in [5, 5.41) is 14.6. The van der Waals surface area contributed by atoms with Crippen LogP contribution in [0.4, 0.5) is 5.69 Å². The standard InChI is InChI=1S/C14H13NO5S/c1-19-9-3-8(4-10(5-9)20-2)13(16)15-12-7-21-6-11(12)14(17)18/h3-7H,1-2H3,(H,15,16)(H,17,18). The predicted octanol–water partition coefficient (Wildman–Crippen LogP) is 2.72. The second-order valence-corrected chi connectivity index (χ2v) is 4.80. The Balaban J connectivity index is 2.28. The molecule has 0 bridgehead atoms. The van der Waals surface area contributed by atoms with Crippen LogP contribution in [0.3, 0.4) is 0 Å². The molecular formula is C14H13NO5S. The molecule has 21 heavy (non-hydrogen) atoms. The molecule has 2 rings (SSSR count). The summed E-state index contributed by atoms with van der Waals surface area (Å²) in [5.41, 5.74) is 0.635. The van der Waals surface area contributed by atoms with Crippen LogP contribution in [-0.4, -0.2) is 31.2 Å². The number of nitrogens with one attached hydrogen (secondary N) is 1. The van der Waals surface area contributed by atoms with Crippen LogP contribution < -0.4 is 14.8 Å². The molecule has 0 atom stereocenters. The lowest BCUT2D eigenvalue weighted by Crippen LogP contribution is -2.14. The Kier molecular flexibility index (Phi) is 4.44. The van der Waals surface area contributed by atoms with Gasteiger partial charge in [-0.3, -0.25) is 4.79 Å². The average Bonchev–Trinajstić information content (AvgIpc) is 2.94. The molecule has 2 aromatic rings. The van der Waals surface area contributed by atoms with Crippen molar-refractivity contribution in [3.05, 3.63) is 40.1 Å². The van der Waals surface area contributed by atoms with Crippen molar-refractivity contribution < 1.29 is 24.2 Å². The highest BCUT2D eigenvalue weighted by Crippen LogP contribution is 2.25. The van der Waals surface area contributed by atoms with Gasteiger partial charge in [-0.25, -0.2) is 4.79 Å². The molecule has 0 radical (unpaired) electrons. The largest absolute Gasteiger partial charge is 0.497 e. The Labute approximate surface area is 124 Å². The minimum Gasteiger partial charge on any atom is -0.497 e. The summed E-state index contributed by atoms with van der Waals surface area (Å²) < 4.78 is 10.2. The minimum atomic E-state index is -1.09. The Hall–Kier alpha value is -2.54. The number of hydrogen-bond donors (Lipinski definition) is 2. The Morgan fingerprint density at radius 2 is 1.71 bits per heavy atom. The Morgan fingerprint density at radius 1 is 1.10 bits per heavy atom. The number of hydrogen-bond acceptors (Lipinski definition) is 5. The lowest BCUT2D eigenvalue weighted by atomic mass is 10.1. The summed E-state index contributed by atoms with van der Waals surface area (Å²) in [6.07, 6.45) is 0. The monoisotopic (exact) mass is 307 g/mol. The molecule has 0 aliphatic rings. The molecule has 110 valence electrons. The van der Waals surface area contributed by atoms with Gasteiger partial charge in [0.15, 0.2) is 0 Å². The van der Waals surface area contributed by atoms with Crippen LogP contribution in [0.25, 0.3) is 0 Å². The van der Waals surface area contributed by atoms with Gasteiger partial charge in [0.05, 0.1) is 25.5 Å². The maximum absolute atomic E-state index is 12.2. The molecule has 0 unspecified atom stereocenters. The van der Waals surface area contributed by atoms with E-state index in [4.69, 9.17) is 14.6 Å². The average molecular weight is 307 g/mol. The van der Waals surface area contributed by atoms with E-state index < -0.39 is 11.9 Å². The SMILES string of the molecule is COc1cc(OC)cc(C(=O)Nc2cscc2C(=O)O)c1. The van der Waals surface area contributed by atoms with Gasteiger partial charge in [-0.2, -0.15) is 0 Å². The van der Waals surface area contributed by atoms with Gasteiger partial charge in [-0.05, 0) is 12.1 Å². The van der Waals surface area contributed by atoms with Crippen LogP contribution in [0.1, 0.15) is 20.7 Å². The summed E-state index contributed by atoms with van der Waals surface area (Å²) in [5.74, 6) is -0.575. The minimum absolute atomic E-state index is 0.0585. The summed E-state index contributed by atoms with van der Waals surface area (Å²) >= 11 is 1.20. The quantitative estimate of drug-likeness (QED) is 0.887. The zero-order chi connectivity index (χ0) is 15.4. The van der Waals surface area contributed by atoms with Crippen molar-refractivity contribution in [2.75, 3.05) is 19.5 Å². The van der Waals surface area contributed by atoms with Gasteiger partial charge in [0.2, 0.25) is 0 Å². The number of ether oxygens (including phenoxy) is 2. The van der Waals surface area contributed by atoms with Crippen LogP contribution in [0.2, 0.25) is 0 Å². The zero-order valence-electron chi connectivity index (χ0n) is 11.4. The van der Waals surface area contributed by atoms with E-state index in [1.54, 1.807) is 23.6 Å². The van der Waals surface area contributed by atoms with E-state index in [-0.39, 0.29) is 11.3 Å². The van der Waals surface area contributed by atoms with E-state index in [2.05, 4.69) is 5.32 Å². The van der Waals surface area contributed by atoms with Crippen LogP contribution >= 0.6 is 11.3 Å². The molecule has 1 aromatic carbocycles. The van der Waals surface area contributed by atoms with Crippen LogP contribution in [0.15, 0.2) is 29.0 Å². The Bertz CT molecular complexity index is 658. The molecule has 0 aliphatic heterocycles. The van der Waals surface area contributed by atoms with Crippen LogP contribution in [0.5, 0.6) is 11.5 Å². The maximum atomic E-state index is 12.2. The lowest BCUT2D eigenvalue weighted by molar-refractivity contribution is 0.0698. The van der Waals surface area contributed by atoms with E-state index in [1.165, 1.54) is 30.9 Å². The molecule has 1 amide bonds. The third kappa shape index (κ3) is 3.32. The summed E-state index contributed by atoms with van der Waals surface area (Å²) in [7, 11) is 2.97. The molecule has 0 spiro atoms. The molecule has 1 aromatic heterocycles. The number of benzene rings is 1. The number of carboxylic acid groups (broad SMARTS) is 1. The van der Waals surface area contributed by atoms with E-state index in [1.807, 2.05) is 0 Å². The molecule has 0 fully saturated rings. The zero-order valence-corrected chi connectivity index (χ0v) is 12.2. The van der Waals surface area contributed by atoms with Crippen molar-refractivity contribution in [3.63, 3.8) is 0 Å². The van der Waals surface area contributed by atoms with E-state index >= 15 is 0 Å². The van der Waals surface area contributed by atoms with Gasteiger partial charge >= 0.3 is 5.97 Å². The third-order valence-electron chi connectivity index (χ3n) is 2.75. The summed E-state index contributed by atoms with van der Waals surface area (Å²) in [6.45, 7) is 0. The van der Waals surface area contributed by atoms with Crippen molar-refractivity contribution in [2.45, 2.75) is 0 Å². The molecule has 7 heteroatoms. The number of amides is 1. The molecule has 0 saturated heterocycles. The highest BCUT2D eigenvalue weighted by molar-refractivity contribution is 7.08. The van der Waals surface area contributed by atoms with E-state index in [9.17, 15) is 9.59 Å². The smallest absolute Gasteiger partial charge is 0.338 e. The van der Waals surface area contributed by atoms with Crippen molar-refractivity contribution in [2.24, 2.45) is 0 Å². The normalized spacial score (nSPS) is 10.0. The Morgan fingerprint density at radius 3 is 2.24 bits per heavy atom. The number of carboxylic acids is 1. The van der Waals surface area contributed by atoms with Crippen molar-refractivity contribution >= 4 is 28.9 Å². The maximum Gasteiger partial charge on any atom is 0.338 e. The van der Waals surface area contributed by atoms with E-state index in [0.29, 0.717) is 17.1 Å². The van der Waals surface area contributed by atoms with Gasteiger partial charge in [0.25, 0.3) is 5.91 Å². The first kappa shape index (κ1) is 14.9. The summed E-state index contributed by atoms with van der Waals surface area (Å²) in [4.78, 5) is 23.2. The van der Waals surface area contributed by atoms with Crippen molar-refractivity contribution in [1.82, 2.24) is 0 Å². The fourth-order valence-corrected chi connectivity index (χ4v) is 2.45. The topological polar surface area (TPSA) is 84.9 Å². The number of aromatic carboxylic acids is 1. The fourth-order valence-electron chi connectivity index (χ4n) is 1.69. The number of carbonyl (C=O) groups is 2. The van der Waals surface area contributed by atoms with E-state index in [0.717, 1.165) is 0 Å². The van der Waals surface area contributed by atoms with Gasteiger partial charge in [-0.1, -0.05) is 0 Å². The summed E-state index contributed by atoms with van der Waals surface area (Å²) in [6, 6.07) is 4.74. The second-order valence-electron chi connectivity index (χ2n) is 4.06. The molecular weight excluding hydrogens is 294 g/mol. The first-order valence-corrected chi connectivity index (χ1v) is 6.83. The predicted molar refractivity (Wildman–Crippen MR) is 78.8 cm³/mol. The first-order valence-electron chi connectivity index (χ1n) is 5.89. The molecule has 1 heterocycles. The van der Waals surface area contributed by atoms with Gasteiger partial charge in [0.1, 0.15) is 11.5 Å². The highest BCUT2D eigenvalue weighted by Gasteiger charge is 2.15. The molecule has 2 N–H and O–H groups in total. The molecule has 0 saturated carbocycles. The second kappa shape index (κ2) is 6.27. The number of anilines is 1. The number of thiophene rings is 1. The molecule has 0 aliphatic carbocycles. The number of methoxy groups -OCH3 is 2. The fraction of sp³-hybridized carbons (Fsp3) is 0.143. The third-order valence-corrected chi connectivity index (χ3v) is 3.50. The number of carbonyl (C=O) groups excluding carboxylic acids is 1. The highest BCUT2D eigenvalue weighted by atomic mass is 32.1. The molecule has 6 nitrogen and oxygen atoms in total. The lowest BCUT2D eigenvalue weighted by Gasteiger charge is -2.09. The van der Waals surface area contributed by atoms with Crippen molar-refractivity contribution in [3.8, 4) is 11.5 Å². The van der Waals surface area contributed by atoms with Gasteiger partial charge < -0.3 is 19.9 Å². The van der Waals surface area contributed by atoms with Gasteiger partial charge in [0, 0.05) is 22.4 Å². The van der Waals surface area contributed by atoms with Crippen LogP contribution in [0, 0.1) is 0 Å². The van der Waals surface area contributed by atoms with Crippen molar-refractivity contribution in [1.29, 1.82) is 0 Å². The first-order chi connectivity index (χ1) is 10.0.